The maximum atomic E-state index is 12.4. The number of thiophene rings is 1. The van der Waals surface area contributed by atoms with Gasteiger partial charge in [0.05, 0.1) is 29.6 Å². The standard InChI is InChI=1S/C12H18N2O5S2/c1-18-5-2-13-12(15)11-8-10(9-20-11)21(16,17)14-3-6-19-7-4-14/h8-9H,2-7H2,1H3,(H,13,15). The second-order valence-electron chi connectivity index (χ2n) is 4.41. The molecule has 1 N–H and O–H groups in total. The molecule has 7 nitrogen and oxygen atoms in total. The number of methoxy groups -OCH3 is 1. The maximum absolute atomic E-state index is 12.4. The molecule has 1 fully saturated rings. The highest BCUT2D eigenvalue weighted by Gasteiger charge is 2.27. The van der Waals surface area contributed by atoms with Crippen LogP contribution in [-0.2, 0) is 19.5 Å². The lowest BCUT2D eigenvalue weighted by Gasteiger charge is -2.25. The van der Waals surface area contributed by atoms with Crippen molar-refractivity contribution in [3.05, 3.63) is 16.3 Å². The predicted octanol–water partition coefficient (Wildman–Crippen LogP) is 0.145. The van der Waals surface area contributed by atoms with E-state index >= 15 is 0 Å². The van der Waals surface area contributed by atoms with E-state index in [0.29, 0.717) is 44.3 Å². The topological polar surface area (TPSA) is 84.9 Å². The van der Waals surface area contributed by atoms with Gasteiger partial charge in [-0.25, -0.2) is 8.42 Å². The number of sulfonamides is 1. The number of carbonyl (C=O) groups is 1. The zero-order valence-corrected chi connectivity index (χ0v) is 13.3. The first-order chi connectivity index (χ1) is 10.1. The van der Waals surface area contributed by atoms with E-state index in [4.69, 9.17) is 9.47 Å². The Labute approximate surface area is 127 Å². The van der Waals surface area contributed by atoms with Crippen LogP contribution in [-0.4, -0.2) is 65.2 Å². The summed E-state index contributed by atoms with van der Waals surface area (Å²) in [5.41, 5.74) is 0. The van der Waals surface area contributed by atoms with Crippen LogP contribution < -0.4 is 5.32 Å². The first kappa shape index (κ1) is 16.4. The number of hydrogen-bond acceptors (Lipinski definition) is 6. The van der Waals surface area contributed by atoms with Crippen LogP contribution in [0.1, 0.15) is 9.67 Å². The molecule has 0 atom stereocenters. The molecule has 1 amide bonds. The molecule has 118 valence electrons. The van der Waals surface area contributed by atoms with Gasteiger partial charge in [-0.1, -0.05) is 0 Å². The Morgan fingerprint density at radius 1 is 1.48 bits per heavy atom. The van der Waals surface area contributed by atoms with E-state index in [1.165, 1.54) is 15.8 Å². The van der Waals surface area contributed by atoms with Crippen LogP contribution in [0.25, 0.3) is 0 Å². The lowest BCUT2D eigenvalue weighted by Crippen LogP contribution is -2.40. The number of nitrogens with one attached hydrogen (secondary N) is 1. The molecule has 0 unspecified atom stereocenters. The van der Waals surface area contributed by atoms with Gasteiger partial charge in [-0.05, 0) is 6.07 Å². The SMILES string of the molecule is COCCNC(=O)c1cc(S(=O)(=O)N2CCOCC2)cs1. The molecule has 1 aromatic rings. The number of nitrogens with zero attached hydrogens (tertiary/aromatic N) is 1. The Kier molecular flexibility index (Phi) is 5.71. The molecule has 1 aliphatic heterocycles. The smallest absolute Gasteiger partial charge is 0.261 e. The van der Waals surface area contributed by atoms with Gasteiger partial charge in [0.15, 0.2) is 0 Å². The molecule has 1 aliphatic rings. The van der Waals surface area contributed by atoms with Gasteiger partial charge in [0.1, 0.15) is 0 Å². The van der Waals surface area contributed by atoms with Gasteiger partial charge in [-0.2, -0.15) is 4.31 Å². The van der Waals surface area contributed by atoms with E-state index in [2.05, 4.69) is 5.32 Å². The number of amides is 1. The average molecular weight is 334 g/mol. The van der Waals surface area contributed by atoms with Gasteiger partial charge < -0.3 is 14.8 Å². The van der Waals surface area contributed by atoms with Gasteiger partial charge in [0.25, 0.3) is 5.91 Å². The molecule has 0 radical (unpaired) electrons. The van der Waals surface area contributed by atoms with Crippen LogP contribution in [0.15, 0.2) is 16.3 Å². The van der Waals surface area contributed by atoms with Crippen LogP contribution >= 0.6 is 11.3 Å². The maximum Gasteiger partial charge on any atom is 0.261 e. The van der Waals surface area contributed by atoms with Crippen molar-refractivity contribution >= 4 is 27.3 Å². The first-order valence-corrected chi connectivity index (χ1v) is 8.81. The van der Waals surface area contributed by atoms with Gasteiger partial charge in [0.2, 0.25) is 10.0 Å². The minimum absolute atomic E-state index is 0.159. The minimum Gasteiger partial charge on any atom is -0.383 e. The highest BCUT2D eigenvalue weighted by Crippen LogP contribution is 2.23. The first-order valence-electron chi connectivity index (χ1n) is 6.49. The van der Waals surface area contributed by atoms with Crippen LogP contribution in [0.4, 0.5) is 0 Å². The Morgan fingerprint density at radius 2 is 2.19 bits per heavy atom. The number of ether oxygens (including phenoxy) is 2. The molecule has 1 aromatic heterocycles. The summed E-state index contributed by atoms with van der Waals surface area (Å²) in [6, 6.07) is 1.41. The fourth-order valence-corrected chi connectivity index (χ4v) is 4.45. The Hall–Kier alpha value is -1.00. The number of carbonyl (C=O) groups excluding carboxylic acids is 1. The third-order valence-electron chi connectivity index (χ3n) is 3.00. The summed E-state index contributed by atoms with van der Waals surface area (Å²) in [6.45, 7) is 2.28. The van der Waals surface area contributed by atoms with Crippen LogP contribution in [0, 0.1) is 0 Å². The van der Waals surface area contributed by atoms with E-state index in [9.17, 15) is 13.2 Å². The quantitative estimate of drug-likeness (QED) is 0.748. The molecule has 0 spiro atoms. The van der Waals surface area contributed by atoms with E-state index in [1.54, 1.807) is 7.11 Å². The van der Waals surface area contributed by atoms with Crippen molar-refractivity contribution in [3.63, 3.8) is 0 Å². The summed E-state index contributed by atoms with van der Waals surface area (Å²) in [5.74, 6) is -0.291. The van der Waals surface area contributed by atoms with Crippen molar-refractivity contribution in [2.45, 2.75) is 4.90 Å². The molecule has 0 bridgehead atoms. The molecule has 9 heteroatoms. The molecular formula is C12H18N2O5S2. The molecule has 21 heavy (non-hydrogen) atoms. The average Bonchev–Trinajstić information content (AvgIpc) is 2.99. The van der Waals surface area contributed by atoms with Crippen LogP contribution in [0.2, 0.25) is 0 Å². The predicted molar refractivity (Wildman–Crippen MR) is 78.1 cm³/mol. The van der Waals surface area contributed by atoms with Crippen LogP contribution in [0.5, 0.6) is 0 Å². The Morgan fingerprint density at radius 3 is 2.86 bits per heavy atom. The summed E-state index contributed by atoms with van der Waals surface area (Å²) >= 11 is 1.12. The molecule has 0 aliphatic carbocycles. The zero-order valence-electron chi connectivity index (χ0n) is 11.7. The summed E-state index contributed by atoms with van der Waals surface area (Å²) in [5, 5.41) is 4.16. The lowest BCUT2D eigenvalue weighted by atomic mass is 10.4. The van der Waals surface area contributed by atoms with Crippen molar-refractivity contribution in [1.82, 2.24) is 9.62 Å². The fourth-order valence-electron chi connectivity index (χ4n) is 1.86. The Balaban J connectivity index is 2.06. The molecular weight excluding hydrogens is 316 g/mol. The largest absolute Gasteiger partial charge is 0.383 e. The molecule has 2 rings (SSSR count). The third-order valence-corrected chi connectivity index (χ3v) is 5.95. The number of hydrogen-bond donors (Lipinski definition) is 1. The lowest BCUT2D eigenvalue weighted by molar-refractivity contribution is 0.0730. The van der Waals surface area contributed by atoms with E-state index < -0.39 is 10.0 Å². The van der Waals surface area contributed by atoms with Gasteiger partial charge in [0, 0.05) is 32.1 Å². The summed E-state index contributed by atoms with van der Waals surface area (Å²) < 4.78 is 36.2. The van der Waals surface area contributed by atoms with Crippen molar-refractivity contribution in [1.29, 1.82) is 0 Å². The second-order valence-corrected chi connectivity index (χ2v) is 7.26. The van der Waals surface area contributed by atoms with Gasteiger partial charge in [-0.3, -0.25) is 4.79 Å². The van der Waals surface area contributed by atoms with E-state index in [0.717, 1.165) is 11.3 Å². The van der Waals surface area contributed by atoms with Crippen molar-refractivity contribution in [2.75, 3.05) is 46.6 Å². The minimum atomic E-state index is -3.54. The monoisotopic (exact) mass is 334 g/mol. The normalized spacial score (nSPS) is 16.8. The molecule has 0 saturated carbocycles. The van der Waals surface area contributed by atoms with Crippen molar-refractivity contribution in [3.8, 4) is 0 Å². The third kappa shape index (κ3) is 4.01. The molecule has 0 aromatic carbocycles. The highest BCUT2D eigenvalue weighted by atomic mass is 32.2. The van der Waals surface area contributed by atoms with E-state index in [-0.39, 0.29) is 10.8 Å². The van der Waals surface area contributed by atoms with E-state index in [1.807, 2.05) is 0 Å². The zero-order chi connectivity index (χ0) is 15.3. The van der Waals surface area contributed by atoms with Crippen molar-refractivity contribution in [2.24, 2.45) is 0 Å². The second kappa shape index (κ2) is 7.32. The van der Waals surface area contributed by atoms with Crippen molar-refractivity contribution < 1.29 is 22.7 Å². The van der Waals surface area contributed by atoms with Gasteiger partial charge in [-0.15, -0.1) is 11.3 Å². The molecule has 1 saturated heterocycles. The summed E-state index contributed by atoms with van der Waals surface area (Å²) in [7, 11) is -1.99. The van der Waals surface area contributed by atoms with Crippen LogP contribution in [0.3, 0.4) is 0 Å². The number of morpholine rings is 1. The summed E-state index contributed by atoms with van der Waals surface area (Å²) in [4.78, 5) is 12.4. The number of rotatable bonds is 6. The molecule has 2 heterocycles. The Bertz CT molecular complexity index is 578. The highest BCUT2D eigenvalue weighted by molar-refractivity contribution is 7.89. The fraction of sp³-hybridized carbons (Fsp3) is 0.583. The summed E-state index contributed by atoms with van der Waals surface area (Å²) in [6.07, 6.45) is 0. The van der Waals surface area contributed by atoms with Gasteiger partial charge >= 0.3 is 0 Å².